The lowest BCUT2D eigenvalue weighted by Crippen LogP contribution is -2.07. The Morgan fingerprint density at radius 1 is 0.216 bits per heavy atom. The fraction of sp³-hybridized carbons (Fsp3) is 0.783. The zero-order chi connectivity index (χ0) is 72.7. The molecule has 10 heteroatoms. The second-order valence-electron chi connectivity index (χ2n) is 30.4. The number of carbonyl (C=O) groups is 2. The van der Waals surface area contributed by atoms with Crippen molar-refractivity contribution in [3.63, 3.8) is 0 Å². The van der Waals surface area contributed by atoms with Gasteiger partial charge in [-0.25, -0.2) is 0 Å². The zero-order valence-electron chi connectivity index (χ0n) is 67.2. The summed E-state index contributed by atoms with van der Waals surface area (Å²) in [6.45, 7) is 17.2. The molecule has 2 aliphatic heterocycles. The predicted molar refractivity (Wildman–Crippen MR) is 445 cm³/mol. The summed E-state index contributed by atoms with van der Waals surface area (Å²) in [5, 5.41) is -0.268. The van der Waals surface area contributed by atoms with Gasteiger partial charge in [0.1, 0.15) is 0 Å². The summed E-state index contributed by atoms with van der Waals surface area (Å²) in [5.74, 6) is 4.04. The third-order valence-corrected chi connectivity index (χ3v) is 22.8. The van der Waals surface area contributed by atoms with E-state index in [1.54, 1.807) is 0 Å². The maximum Gasteiger partial charge on any atom is 0.224 e. The minimum atomic E-state index is -0.134. The van der Waals surface area contributed by atoms with Gasteiger partial charge in [-0.3, -0.25) is 9.59 Å². The smallest absolute Gasteiger partial charge is 0.224 e. The summed E-state index contributed by atoms with van der Waals surface area (Å²) in [7, 11) is 0. The molecule has 0 amide bonds. The number of benzene rings is 2. The quantitative estimate of drug-likeness (QED) is 0.0471. The van der Waals surface area contributed by atoms with Crippen LogP contribution in [0.15, 0.2) is 47.6 Å². The number of carbonyl (C=O) groups excluding carboxylic acids is 2. The van der Waals surface area contributed by atoms with Crippen LogP contribution in [0.25, 0.3) is 9.81 Å². The standard InChI is InChI=1S/C92H156O8S2/c1-7-13-19-25-31-37-43-49-55-61-67-95-83-73-79(74-84(96-68-62-56-50-44-38-32-26-20-14-8-2)89(83)99-71-65-59-53-47-41-35-29-23-17-11-5)87-77-81(91(93)101-87)82-78-88(102-92(82)94)80-75-85(97-69-63-57-51-45-39-33-27-21-15-9-3)90(100-72-66-60-54-48-42-36-30-24-18-12-6)86(76-80)98-70-64-58-52-46-40-34-28-22-16-10-4/h73-78H,7-72H2,1-6H3/b82-81-. The largest absolute Gasteiger partial charge is 0.490 e. The molecule has 2 heterocycles. The van der Waals surface area contributed by atoms with Crippen LogP contribution in [-0.4, -0.2) is 49.9 Å². The Morgan fingerprint density at radius 2 is 0.373 bits per heavy atom. The van der Waals surface area contributed by atoms with Crippen molar-refractivity contribution in [3.05, 3.63) is 58.7 Å². The van der Waals surface area contributed by atoms with Crippen LogP contribution in [-0.2, 0) is 9.59 Å². The molecule has 0 radical (unpaired) electrons. The summed E-state index contributed by atoms with van der Waals surface area (Å²) < 4.78 is 40.9. The Kier molecular flexibility index (Phi) is 57.6. The Balaban J connectivity index is 1.67. The summed E-state index contributed by atoms with van der Waals surface area (Å²) >= 11 is 2.39. The highest BCUT2D eigenvalue weighted by atomic mass is 32.2. The fourth-order valence-electron chi connectivity index (χ4n) is 14.2. The van der Waals surface area contributed by atoms with Gasteiger partial charge in [0.25, 0.3) is 0 Å². The molecule has 0 N–H and O–H groups in total. The SMILES string of the molecule is CCCCCCCCCCCCOc1cc(C2=C/C(=C3\C=C(c4cc(OCCCCCCCCCCCC)c(OCCCCCCCCCCCC)c(OCCCCCCCCCCCC)c4)SC3=O)C(=O)S2)cc(OCCCCCCCCCCCC)c1OCCCCCCCCCCCC. The van der Waals surface area contributed by atoms with Crippen molar-refractivity contribution in [2.45, 2.75) is 427 Å². The predicted octanol–water partition coefficient (Wildman–Crippen LogP) is 30.7. The van der Waals surface area contributed by atoms with Gasteiger partial charge < -0.3 is 28.4 Å². The van der Waals surface area contributed by atoms with Gasteiger partial charge in [0.2, 0.25) is 21.7 Å². The number of allylic oxidation sites excluding steroid dienone is 2. The molecule has 0 bridgehead atoms. The number of ether oxygens (including phenoxy) is 6. The lowest BCUT2D eigenvalue weighted by Gasteiger charge is -2.19. The second kappa shape index (κ2) is 64.7. The maximum atomic E-state index is 14.6. The third kappa shape index (κ3) is 43.3. The maximum absolute atomic E-state index is 14.6. The van der Waals surface area contributed by atoms with Gasteiger partial charge in [-0.05, 0) is 110 Å². The number of unbranched alkanes of at least 4 members (excludes halogenated alkanes) is 54. The summed E-state index contributed by atoms with van der Waals surface area (Å²) in [5.41, 5.74) is 2.54. The summed E-state index contributed by atoms with van der Waals surface area (Å²) in [6, 6.07) is 8.27. The highest BCUT2D eigenvalue weighted by Gasteiger charge is 2.33. The first-order valence-corrected chi connectivity index (χ1v) is 45.8. The van der Waals surface area contributed by atoms with Crippen LogP contribution in [0.4, 0.5) is 0 Å². The van der Waals surface area contributed by atoms with Crippen molar-refractivity contribution in [3.8, 4) is 34.5 Å². The van der Waals surface area contributed by atoms with Crippen molar-refractivity contribution in [2.24, 2.45) is 0 Å². The zero-order valence-corrected chi connectivity index (χ0v) is 68.8. The second-order valence-corrected chi connectivity index (χ2v) is 32.4. The average molecular weight is 1450 g/mol. The van der Waals surface area contributed by atoms with Crippen molar-refractivity contribution in [1.29, 1.82) is 0 Å². The average Bonchev–Trinajstić information content (AvgIpc) is 1.58. The van der Waals surface area contributed by atoms with Crippen molar-refractivity contribution >= 4 is 43.6 Å². The van der Waals surface area contributed by atoms with E-state index < -0.39 is 0 Å². The molecule has 0 saturated carbocycles. The first-order valence-electron chi connectivity index (χ1n) is 44.1. The molecule has 8 nitrogen and oxygen atoms in total. The van der Waals surface area contributed by atoms with E-state index in [1.807, 2.05) is 12.2 Å². The minimum Gasteiger partial charge on any atom is -0.490 e. The van der Waals surface area contributed by atoms with E-state index in [4.69, 9.17) is 28.4 Å². The monoisotopic (exact) mass is 1450 g/mol. The van der Waals surface area contributed by atoms with E-state index in [0.29, 0.717) is 85.3 Å². The van der Waals surface area contributed by atoms with Crippen LogP contribution in [0.2, 0.25) is 0 Å². The number of thioether (sulfide) groups is 2. The molecule has 584 valence electrons. The molecule has 0 saturated heterocycles. The molecule has 2 aliphatic rings. The molecule has 2 aromatic rings. The van der Waals surface area contributed by atoms with Gasteiger partial charge in [-0.2, -0.15) is 0 Å². The fourth-order valence-corrected chi connectivity index (χ4v) is 16.0. The van der Waals surface area contributed by atoms with Crippen molar-refractivity contribution in [1.82, 2.24) is 0 Å². The molecule has 0 aliphatic carbocycles. The van der Waals surface area contributed by atoms with E-state index in [2.05, 4.69) is 65.8 Å². The molecule has 0 atom stereocenters. The molecule has 0 spiro atoms. The van der Waals surface area contributed by atoms with Crippen molar-refractivity contribution < 1.29 is 38.0 Å². The van der Waals surface area contributed by atoms with E-state index in [9.17, 15) is 9.59 Å². The van der Waals surface area contributed by atoms with Crippen LogP contribution < -0.4 is 28.4 Å². The molecule has 2 aromatic carbocycles. The molecule has 102 heavy (non-hydrogen) atoms. The first kappa shape index (κ1) is 90.9. The third-order valence-electron chi connectivity index (χ3n) is 20.8. The van der Waals surface area contributed by atoms with Crippen molar-refractivity contribution in [2.75, 3.05) is 39.6 Å². The van der Waals surface area contributed by atoms with Crippen LogP contribution in [0.3, 0.4) is 0 Å². The van der Waals surface area contributed by atoms with E-state index in [1.165, 1.54) is 332 Å². The topological polar surface area (TPSA) is 89.5 Å². The Morgan fingerprint density at radius 3 is 0.549 bits per heavy atom. The molecule has 0 aromatic heterocycles. The normalized spacial score (nSPS) is 13.8. The Hall–Kier alpha value is -3.50. The summed E-state index contributed by atoms with van der Waals surface area (Å²) in [4.78, 5) is 30.7. The molecule has 0 fully saturated rings. The van der Waals surface area contributed by atoms with Crippen LogP contribution in [0.5, 0.6) is 34.5 Å². The summed E-state index contributed by atoms with van der Waals surface area (Å²) in [6.07, 6.45) is 79.2. The first-order chi connectivity index (χ1) is 50.4. The number of rotatable bonds is 74. The molecular weight excluding hydrogens is 1300 g/mol. The van der Waals surface area contributed by atoms with E-state index >= 15 is 0 Å². The lowest BCUT2D eigenvalue weighted by molar-refractivity contribution is -0.109. The van der Waals surface area contributed by atoms with E-state index in [-0.39, 0.29) is 10.2 Å². The highest BCUT2D eigenvalue weighted by Crippen LogP contribution is 2.50. The molecular formula is C92H156O8S2. The number of hydrogen-bond acceptors (Lipinski definition) is 10. The van der Waals surface area contributed by atoms with E-state index in [0.717, 1.165) is 98.0 Å². The van der Waals surface area contributed by atoms with Gasteiger partial charge in [-0.1, -0.05) is 388 Å². The number of hydrogen-bond donors (Lipinski definition) is 0. The Bertz CT molecular complexity index is 2220. The van der Waals surface area contributed by atoms with Gasteiger partial charge in [0.15, 0.2) is 23.0 Å². The van der Waals surface area contributed by atoms with Crippen LogP contribution in [0.1, 0.15) is 438 Å². The highest BCUT2D eigenvalue weighted by molar-refractivity contribution is 8.23. The van der Waals surface area contributed by atoms with Gasteiger partial charge >= 0.3 is 0 Å². The van der Waals surface area contributed by atoms with Crippen LogP contribution >= 0.6 is 23.5 Å². The van der Waals surface area contributed by atoms with Gasteiger partial charge in [-0.15, -0.1) is 0 Å². The molecule has 0 unspecified atom stereocenters. The lowest BCUT2D eigenvalue weighted by atomic mass is 10.1. The minimum absolute atomic E-state index is 0.134. The molecule has 4 rings (SSSR count). The Labute approximate surface area is 637 Å². The van der Waals surface area contributed by atoms with Crippen LogP contribution in [0, 0.1) is 0 Å². The van der Waals surface area contributed by atoms with Gasteiger partial charge in [0.05, 0.1) is 39.6 Å². The van der Waals surface area contributed by atoms with Gasteiger partial charge in [0, 0.05) is 21.0 Å².